The molecule has 0 aliphatic heterocycles. The molecule has 0 radical (unpaired) electrons. The lowest BCUT2D eigenvalue weighted by atomic mass is 9.83. The maximum Gasteiger partial charge on any atom is 0.197 e. The molecule has 0 rings (SSSR count). The Bertz CT molecular complexity index is 248. The summed E-state index contributed by atoms with van der Waals surface area (Å²) in [7, 11) is 1.29. The average Bonchev–Trinajstić information content (AvgIpc) is 2.25. The molecule has 0 aliphatic rings. The number of carbonyl (C=O) groups excluding carboxylic acids is 1. The molecule has 3 atom stereocenters. The van der Waals surface area contributed by atoms with E-state index in [-0.39, 0.29) is 0 Å². The van der Waals surface area contributed by atoms with Crippen LogP contribution in [0.2, 0.25) is 0 Å². The van der Waals surface area contributed by atoms with Crippen molar-refractivity contribution in [1.82, 2.24) is 0 Å². The molecule has 96 valence electrons. The number of ether oxygens (including phenoxy) is 1. The van der Waals surface area contributed by atoms with Gasteiger partial charge in [-0.15, -0.1) is 0 Å². The summed E-state index contributed by atoms with van der Waals surface area (Å²) in [5.74, 6) is -0.775. The van der Waals surface area contributed by atoms with Crippen molar-refractivity contribution in [2.75, 3.05) is 13.7 Å². The fourth-order valence-electron chi connectivity index (χ4n) is 1.31. The van der Waals surface area contributed by atoms with Gasteiger partial charge < -0.3 is 25.2 Å². The lowest BCUT2D eigenvalue weighted by Gasteiger charge is -2.35. The molecule has 16 heavy (non-hydrogen) atoms. The van der Waals surface area contributed by atoms with Gasteiger partial charge in [-0.05, 0) is 20.8 Å². The number of aliphatic hydroxyl groups is 4. The van der Waals surface area contributed by atoms with Crippen molar-refractivity contribution in [2.24, 2.45) is 0 Å². The molecule has 6 heteroatoms. The molecule has 0 heterocycles. The molecule has 0 aromatic heterocycles. The fraction of sp³-hybridized carbons (Fsp3) is 0.900. The van der Waals surface area contributed by atoms with Gasteiger partial charge in [-0.1, -0.05) is 0 Å². The van der Waals surface area contributed by atoms with Crippen molar-refractivity contribution < 1.29 is 30.0 Å². The summed E-state index contributed by atoms with van der Waals surface area (Å²) in [4.78, 5) is 11.9. The van der Waals surface area contributed by atoms with Gasteiger partial charge in [0.25, 0.3) is 0 Å². The first kappa shape index (κ1) is 15.5. The van der Waals surface area contributed by atoms with E-state index in [1.54, 1.807) is 0 Å². The first-order valence-corrected chi connectivity index (χ1v) is 4.90. The molecular weight excluding hydrogens is 216 g/mol. The summed E-state index contributed by atoms with van der Waals surface area (Å²) in [6.45, 7) is 3.18. The predicted molar refractivity (Wildman–Crippen MR) is 55.8 cm³/mol. The van der Waals surface area contributed by atoms with E-state index in [0.717, 1.165) is 6.92 Å². The van der Waals surface area contributed by atoms with Crippen molar-refractivity contribution >= 4 is 5.78 Å². The number of rotatable bonds is 6. The molecule has 0 aromatic carbocycles. The summed E-state index contributed by atoms with van der Waals surface area (Å²) in [6, 6.07) is 0. The minimum absolute atomic E-state index is 0.752. The highest BCUT2D eigenvalue weighted by Gasteiger charge is 2.48. The van der Waals surface area contributed by atoms with E-state index in [2.05, 4.69) is 0 Å². The summed E-state index contributed by atoms with van der Waals surface area (Å²) in [5.41, 5.74) is -3.48. The molecule has 0 spiro atoms. The highest BCUT2D eigenvalue weighted by atomic mass is 16.5. The van der Waals surface area contributed by atoms with E-state index in [1.807, 2.05) is 0 Å². The number of ketones is 1. The second-order valence-electron chi connectivity index (χ2n) is 4.39. The van der Waals surface area contributed by atoms with Crippen LogP contribution < -0.4 is 0 Å². The third kappa shape index (κ3) is 2.99. The Hall–Kier alpha value is -0.530. The van der Waals surface area contributed by atoms with Crippen LogP contribution in [-0.4, -0.2) is 63.3 Å². The Balaban J connectivity index is 4.98. The van der Waals surface area contributed by atoms with Gasteiger partial charge in [0.05, 0.1) is 6.61 Å². The number of hydrogen-bond acceptors (Lipinski definition) is 6. The van der Waals surface area contributed by atoms with Crippen molar-refractivity contribution in [3.05, 3.63) is 0 Å². The second-order valence-corrected chi connectivity index (χ2v) is 4.39. The molecule has 0 unspecified atom stereocenters. The van der Waals surface area contributed by atoms with Crippen LogP contribution in [0.15, 0.2) is 0 Å². The van der Waals surface area contributed by atoms with Crippen LogP contribution in [0.25, 0.3) is 0 Å². The van der Waals surface area contributed by atoms with Gasteiger partial charge in [0.15, 0.2) is 11.4 Å². The first-order valence-electron chi connectivity index (χ1n) is 4.90. The van der Waals surface area contributed by atoms with Gasteiger partial charge >= 0.3 is 0 Å². The molecule has 0 fully saturated rings. The largest absolute Gasteiger partial charge is 0.394 e. The topological polar surface area (TPSA) is 107 Å². The molecule has 0 bridgehead atoms. The number of methoxy groups -OCH3 is 1. The van der Waals surface area contributed by atoms with Crippen LogP contribution in [0.3, 0.4) is 0 Å². The second kappa shape index (κ2) is 5.20. The zero-order valence-corrected chi connectivity index (χ0v) is 9.97. The van der Waals surface area contributed by atoms with Gasteiger partial charge in [-0.3, -0.25) is 4.79 Å². The van der Waals surface area contributed by atoms with E-state index in [9.17, 15) is 20.1 Å². The normalized spacial score (nSPS) is 20.0. The minimum Gasteiger partial charge on any atom is -0.394 e. The Morgan fingerprint density at radius 1 is 1.31 bits per heavy atom. The quantitative estimate of drug-likeness (QED) is 0.444. The van der Waals surface area contributed by atoms with E-state index in [0.29, 0.717) is 0 Å². The number of Topliss-reactive ketones (excluding diaryl/α,β-unsaturated/α-hetero) is 1. The average molecular weight is 236 g/mol. The van der Waals surface area contributed by atoms with Crippen molar-refractivity contribution in [2.45, 2.75) is 44.2 Å². The molecule has 0 saturated carbocycles. The molecular formula is C10H20O6. The summed E-state index contributed by atoms with van der Waals surface area (Å²) in [6.07, 6.45) is -3.37. The predicted octanol–water partition coefficient (Wildman–Crippen LogP) is -1.55. The molecule has 0 aliphatic carbocycles. The fourth-order valence-corrected chi connectivity index (χ4v) is 1.31. The van der Waals surface area contributed by atoms with Gasteiger partial charge in [0.2, 0.25) is 0 Å². The number of aliphatic hydroxyl groups excluding tert-OH is 3. The van der Waals surface area contributed by atoms with Crippen LogP contribution in [0.4, 0.5) is 0 Å². The zero-order chi connectivity index (χ0) is 13.1. The summed E-state index contributed by atoms with van der Waals surface area (Å²) < 4.78 is 4.88. The first-order chi connectivity index (χ1) is 7.11. The number of carbonyl (C=O) groups is 1. The van der Waals surface area contributed by atoms with E-state index in [4.69, 9.17) is 9.84 Å². The molecule has 0 saturated heterocycles. The molecule has 0 amide bonds. The summed E-state index contributed by atoms with van der Waals surface area (Å²) >= 11 is 0. The minimum atomic E-state index is -2.19. The molecule has 4 N–H and O–H groups in total. The van der Waals surface area contributed by atoms with Crippen LogP contribution in [0.5, 0.6) is 0 Å². The Kier molecular flexibility index (Phi) is 5.03. The van der Waals surface area contributed by atoms with Crippen LogP contribution in [0, 0.1) is 0 Å². The highest BCUT2D eigenvalue weighted by molar-refractivity contribution is 5.94. The van der Waals surface area contributed by atoms with Crippen LogP contribution >= 0.6 is 0 Å². The number of hydrogen-bond donors (Lipinski definition) is 4. The Morgan fingerprint density at radius 3 is 2.06 bits per heavy atom. The SMILES string of the molecule is COC(C)(C)C(=O)[C@@](C)(O)[C@H](O)[C@H](O)CO. The highest BCUT2D eigenvalue weighted by Crippen LogP contribution is 2.23. The molecule has 6 nitrogen and oxygen atoms in total. The van der Waals surface area contributed by atoms with Crippen LogP contribution in [0.1, 0.15) is 20.8 Å². The van der Waals surface area contributed by atoms with Gasteiger partial charge in [-0.2, -0.15) is 0 Å². The maximum absolute atomic E-state index is 11.9. The Labute approximate surface area is 94.5 Å². The van der Waals surface area contributed by atoms with Crippen molar-refractivity contribution in [1.29, 1.82) is 0 Å². The molecule has 0 aromatic rings. The smallest absolute Gasteiger partial charge is 0.197 e. The third-order valence-electron chi connectivity index (χ3n) is 2.64. The Morgan fingerprint density at radius 2 is 1.75 bits per heavy atom. The van der Waals surface area contributed by atoms with E-state index in [1.165, 1.54) is 21.0 Å². The van der Waals surface area contributed by atoms with Gasteiger partial charge in [-0.25, -0.2) is 0 Å². The maximum atomic E-state index is 11.9. The standard InChI is InChI=1S/C10H20O6/c1-9(2,16-4)8(14)10(3,15)7(13)6(12)5-11/h6-7,11-13,15H,5H2,1-4H3/t6-,7-,10+/m1/s1. The monoisotopic (exact) mass is 236 g/mol. The third-order valence-corrected chi connectivity index (χ3v) is 2.64. The van der Waals surface area contributed by atoms with Crippen molar-refractivity contribution in [3.63, 3.8) is 0 Å². The van der Waals surface area contributed by atoms with Gasteiger partial charge in [0, 0.05) is 7.11 Å². The van der Waals surface area contributed by atoms with Gasteiger partial charge in [0.1, 0.15) is 17.8 Å². The zero-order valence-electron chi connectivity index (χ0n) is 9.97. The van der Waals surface area contributed by atoms with E-state index >= 15 is 0 Å². The lowest BCUT2D eigenvalue weighted by molar-refractivity contribution is -0.177. The lowest BCUT2D eigenvalue weighted by Crippen LogP contribution is -2.59. The van der Waals surface area contributed by atoms with Crippen LogP contribution in [-0.2, 0) is 9.53 Å². The summed E-state index contributed by atoms with van der Waals surface area (Å²) in [5, 5.41) is 37.3. The van der Waals surface area contributed by atoms with Crippen molar-refractivity contribution in [3.8, 4) is 0 Å². The van der Waals surface area contributed by atoms with E-state index < -0.39 is 35.8 Å².